The number of carbonyl (C=O) groups excluding carboxylic acids is 1. The molecule has 1 aromatic rings. The van der Waals surface area contributed by atoms with E-state index in [4.69, 9.17) is 15.6 Å². The highest BCUT2D eigenvalue weighted by Gasteiger charge is 2.28. The van der Waals surface area contributed by atoms with Crippen LogP contribution in [-0.2, 0) is 16.0 Å². The van der Waals surface area contributed by atoms with Crippen LogP contribution < -0.4 is 15.8 Å². The smallest absolute Gasteiger partial charge is 0.326 e. The van der Waals surface area contributed by atoms with Crippen molar-refractivity contribution in [1.29, 1.82) is 0 Å². The first kappa shape index (κ1) is 19.9. The molecule has 0 bridgehead atoms. The highest BCUT2D eigenvalue weighted by atomic mass is 16.5. The Hall–Kier alpha value is -2.12. The third kappa shape index (κ3) is 5.82. The monoisotopic (exact) mass is 338 g/mol. The number of rotatable bonds is 9. The molecule has 0 aliphatic carbocycles. The van der Waals surface area contributed by atoms with Crippen molar-refractivity contribution in [2.24, 2.45) is 11.7 Å². The van der Waals surface area contributed by atoms with Gasteiger partial charge < -0.3 is 26.0 Å². The highest BCUT2D eigenvalue weighted by molar-refractivity contribution is 5.86. The van der Waals surface area contributed by atoms with Gasteiger partial charge in [-0.15, -0.1) is 0 Å². The molecule has 0 aliphatic heterocycles. The summed E-state index contributed by atoms with van der Waals surface area (Å²) in [6.45, 7) is 3.71. The molecule has 0 aliphatic rings. The van der Waals surface area contributed by atoms with Crippen LogP contribution in [0.5, 0.6) is 5.75 Å². The minimum atomic E-state index is -1.51. The summed E-state index contributed by atoms with van der Waals surface area (Å²) in [7, 11) is 1.52. The van der Waals surface area contributed by atoms with Crippen LogP contribution in [0.1, 0.15) is 25.8 Å². The largest absolute Gasteiger partial charge is 0.496 e. The number of aliphatic hydroxyl groups is 1. The van der Waals surface area contributed by atoms with E-state index in [1.165, 1.54) is 7.11 Å². The van der Waals surface area contributed by atoms with Gasteiger partial charge in [0.05, 0.1) is 7.11 Å². The van der Waals surface area contributed by atoms with Gasteiger partial charge in [-0.1, -0.05) is 32.0 Å². The van der Waals surface area contributed by atoms with Crippen LogP contribution in [0, 0.1) is 5.92 Å². The molecule has 134 valence electrons. The maximum atomic E-state index is 12.1. The second kappa shape index (κ2) is 9.24. The summed E-state index contributed by atoms with van der Waals surface area (Å²) < 4.78 is 5.21. The van der Waals surface area contributed by atoms with Gasteiger partial charge in [-0.3, -0.25) is 4.79 Å². The number of carboxylic acid groups (broad SMARTS) is 1. The number of aliphatic hydroxyl groups excluding tert-OH is 1. The Morgan fingerprint density at radius 2 is 1.92 bits per heavy atom. The molecule has 0 saturated heterocycles. The first-order valence-electron chi connectivity index (χ1n) is 7.85. The fourth-order valence-corrected chi connectivity index (χ4v) is 2.38. The van der Waals surface area contributed by atoms with Crippen LogP contribution in [0.15, 0.2) is 24.3 Å². The zero-order valence-corrected chi connectivity index (χ0v) is 14.2. The summed E-state index contributed by atoms with van der Waals surface area (Å²) >= 11 is 0. The molecule has 1 amide bonds. The van der Waals surface area contributed by atoms with Gasteiger partial charge in [0.25, 0.3) is 5.91 Å². The number of amides is 1. The van der Waals surface area contributed by atoms with E-state index in [9.17, 15) is 14.7 Å². The van der Waals surface area contributed by atoms with Crippen LogP contribution in [0.2, 0.25) is 0 Å². The van der Waals surface area contributed by atoms with Gasteiger partial charge in [0.2, 0.25) is 0 Å². The highest BCUT2D eigenvalue weighted by Crippen LogP contribution is 2.19. The second-order valence-electron chi connectivity index (χ2n) is 6.15. The van der Waals surface area contributed by atoms with Gasteiger partial charge >= 0.3 is 5.97 Å². The third-order valence-electron chi connectivity index (χ3n) is 3.64. The van der Waals surface area contributed by atoms with Crippen molar-refractivity contribution in [3.05, 3.63) is 29.8 Å². The fraction of sp³-hybridized carbons (Fsp3) is 0.529. The predicted molar refractivity (Wildman–Crippen MR) is 89.7 cm³/mol. The molecule has 7 heteroatoms. The van der Waals surface area contributed by atoms with Gasteiger partial charge in [-0.05, 0) is 30.4 Å². The van der Waals surface area contributed by atoms with E-state index in [-0.39, 0.29) is 18.8 Å². The molecule has 0 fully saturated rings. The molecule has 0 unspecified atom stereocenters. The average Bonchev–Trinajstić information content (AvgIpc) is 2.53. The molecule has 7 nitrogen and oxygen atoms in total. The number of carbonyl (C=O) groups is 2. The lowest BCUT2D eigenvalue weighted by Gasteiger charge is -2.22. The number of hydrogen-bond donors (Lipinski definition) is 4. The number of aliphatic carboxylic acids is 1. The average molecular weight is 338 g/mol. The molecule has 0 saturated carbocycles. The molecule has 1 rings (SSSR count). The van der Waals surface area contributed by atoms with Gasteiger partial charge in [-0.2, -0.15) is 0 Å². The van der Waals surface area contributed by atoms with Gasteiger partial charge in [0.15, 0.2) is 0 Å². The zero-order chi connectivity index (χ0) is 18.3. The lowest BCUT2D eigenvalue weighted by molar-refractivity contribution is -0.144. The van der Waals surface area contributed by atoms with E-state index in [1.54, 1.807) is 24.3 Å². The van der Waals surface area contributed by atoms with Gasteiger partial charge in [0.1, 0.15) is 17.9 Å². The molecule has 0 aromatic heterocycles. The van der Waals surface area contributed by atoms with Crippen molar-refractivity contribution in [2.75, 3.05) is 7.11 Å². The van der Waals surface area contributed by atoms with E-state index in [2.05, 4.69) is 5.32 Å². The number of carboxylic acids is 1. The number of para-hydroxylation sites is 1. The Bertz CT molecular complexity index is 562. The van der Waals surface area contributed by atoms with Crippen LogP contribution >= 0.6 is 0 Å². The summed E-state index contributed by atoms with van der Waals surface area (Å²) in [6.07, 6.45) is -1.01. The first-order valence-corrected chi connectivity index (χ1v) is 7.85. The van der Waals surface area contributed by atoms with E-state index in [0.717, 1.165) is 5.56 Å². The Morgan fingerprint density at radius 3 is 2.46 bits per heavy atom. The normalized spacial score (nSPS) is 14.8. The molecular formula is C17H26N2O5. The van der Waals surface area contributed by atoms with Gasteiger partial charge in [-0.25, -0.2) is 4.79 Å². The lowest BCUT2D eigenvalue weighted by atomic mass is 9.99. The lowest BCUT2D eigenvalue weighted by Crippen LogP contribution is -2.52. The standard InChI is InChI=1S/C17H26N2O5/c1-10(2)8-13(17(22)23)19-16(21)15(20)12(18)9-11-6-4-5-7-14(11)24-3/h4-7,10,12-13,15,20H,8-9,18H2,1-3H3,(H,19,21)(H,22,23)/t12-,13+,15+/m1/s1. The van der Waals surface area contributed by atoms with E-state index in [1.807, 2.05) is 13.8 Å². The maximum Gasteiger partial charge on any atom is 0.326 e. The summed E-state index contributed by atoms with van der Waals surface area (Å²) in [4.78, 5) is 23.3. The summed E-state index contributed by atoms with van der Waals surface area (Å²) in [5.74, 6) is -1.22. The van der Waals surface area contributed by atoms with Crippen LogP contribution in [0.3, 0.4) is 0 Å². The quantitative estimate of drug-likeness (QED) is 0.521. The SMILES string of the molecule is COc1ccccc1C[C@@H](N)[C@H](O)C(=O)N[C@@H](CC(C)C)C(=O)O. The van der Waals surface area contributed by atoms with E-state index >= 15 is 0 Å². The minimum absolute atomic E-state index is 0.0887. The van der Waals surface area contributed by atoms with Gasteiger partial charge in [0, 0.05) is 6.04 Å². The number of nitrogens with one attached hydrogen (secondary N) is 1. The number of ether oxygens (including phenoxy) is 1. The second-order valence-corrected chi connectivity index (χ2v) is 6.15. The number of benzene rings is 1. The van der Waals surface area contributed by atoms with Crippen LogP contribution in [0.25, 0.3) is 0 Å². The molecule has 24 heavy (non-hydrogen) atoms. The van der Waals surface area contributed by atoms with Crippen LogP contribution in [-0.4, -0.2) is 47.4 Å². The molecule has 0 radical (unpaired) electrons. The molecular weight excluding hydrogens is 312 g/mol. The topological polar surface area (TPSA) is 122 Å². The van der Waals surface area contributed by atoms with Crippen molar-refractivity contribution in [2.45, 2.75) is 44.9 Å². The Kier molecular flexibility index (Phi) is 7.67. The molecule has 1 aromatic carbocycles. The summed E-state index contributed by atoms with van der Waals surface area (Å²) in [5, 5.41) is 21.6. The van der Waals surface area contributed by atoms with E-state index < -0.39 is 30.1 Å². The third-order valence-corrected chi connectivity index (χ3v) is 3.64. The van der Waals surface area contributed by atoms with Crippen LogP contribution in [0.4, 0.5) is 0 Å². The Morgan fingerprint density at radius 1 is 1.29 bits per heavy atom. The van der Waals surface area contributed by atoms with Crippen molar-refractivity contribution in [3.8, 4) is 5.75 Å². The zero-order valence-electron chi connectivity index (χ0n) is 14.2. The van der Waals surface area contributed by atoms with E-state index in [0.29, 0.717) is 5.75 Å². The van der Waals surface area contributed by atoms with Crippen molar-refractivity contribution < 1.29 is 24.5 Å². The maximum absolute atomic E-state index is 12.1. The number of hydrogen-bond acceptors (Lipinski definition) is 5. The Labute approximate surface area is 141 Å². The molecule has 5 N–H and O–H groups in total. The Balaban J connectivity index is 2.71. The van der Waals surface area contributed by atoms with Crippen molar-refractivity contribution in [3.63, 3.8) is 0 Å². The minimum Gasteiger partial charge on any atom is -0.496 e. The van der Waals surface area contributed by atoms with Crippen molar-refractivity contribution >= 4 is 11.9 Å². The summed E-state index contributed by atoms with van der Waals surface area (Å²) in [5.41, 5.74) is 6.67. The molecule has 0 heterocycles. The predicted octanol–water partition coefficient (Wildman–Crippen LogP) is 0.541. The number of methoxy groups -OCH3 is 1. The molecule has 0 spiro atoms. The molecule has 3 atom stereocenters. The first-order chi connectivity index (χ1) is 11.3. The fourth-order valence-electron chi connectivity index (χ4n) is 2.38. The number of nitrogens with two attached hydrogens (primary N) is 1. The summed E-state index contributed by atoms with van der Waals surface area (Å²) in [6, 6.07) is 5.24. The van der Waals surface area contributed by atoms with Crippen molar-refractivity contribution in [1.82, 2.24) is 5.32 Å².